The Balaban J connectivity index is 2.53. The van der Waals surface area contributed by atoms with Crippen molar-refractivity contribution in [2.45, 2.75) is 19.4 Å². The van der Waals surface area contributed by atoms with Crippen molar-refractivity contribution in [1.82, 2.24) is 0 Å². The van der Waals surface area contributed by atoms with Crippen LogP contribution in [0.25, 0.3) is 0 Å². The Morgan fingerprint density at radius 1 is 1.29 bits per heavy atom. The average molecular weight is 237 g/mol. The molecule has 1 amide bonds. The van der Waals surface area contributed by atoms with Gasteiger partial charge in [-0.3, -0.25) is 4.79 Å². The molecule has 0 unspecified atom stereocenters. The predicted octanol–water partition coefficient (Wildman–Crippen LogP) is 0.872. The molecule has 1 rings (SSSR count). The van der Waals surface area contributed by atoms with Crippen LogP contribution >= 0.6 is 0 Å². The summed E-state index contributed by atoms with van der Waals surface area (Å²) in [5, 5.41) is 0. The molecule has 5 heteroatoms. The van der Waals surface area contributed by atoms with Gasteiger partial charge in [0.25, 0.3) is 5.91 Å². The van der Waals surface area contributed by atoms with Crippen molar-refractivity contribution in [2.75, 3.05) is 6.61 Å². The van der Waals surface area contributed by atoms with E-state index in [2.05, 4.69) is 0 Å². The summed E-state index contributed by atoms with van der Waals surface area (Å²) in [6, 6.07) is 8.93. The van der Waals surface area contributed by atoms with Crippen molar-refractivity contribution in [3.63, 3.8) is 0 Å². The zero-order valence-corrected chi connectivity index (χ0v) is 9.59. The Morgan fingerprint density at radius 3 is 2.47 bits per heavy atom. The molecule has 0 bridgehead atoms. The highest BCUT2D eigenvalue weighted by atomic mass is 16.6. The third kappa shape index (κ3) is 4.55. The molecule has 0 radical (unpaired) electrons. The summed E-state index contributed by atoms with van der Waals surface area (Å²) in [6.07, 6.45) is -0.274. The van der Waals surface area contributed by atoms with Crippen LogP contribution in [0.5, 0.6) is 5.75 Å². The molecular weight excluding hydrogens is 222 g/mol. The summed E-state index contributed by atoms with van der Waals surface area (Å²) < 4.78 is 10.1. The zero-order valence-electron chi connectivity index (χ0n) is 9.59. The first-order chi connectivity index (χ1) is 8.13. The Hall–Kier alpha value is -2.04. The second kappa shape index (κ2) is 6.52. The summed E-state index contributed by atoms with van der Waals surface area (Å²) in [4.78, 5) is 22.0. The maximum absolute atomic E-state index is 11.5. The molecule has 92 valence electrons. The number of benzene rings is 1. The summed E-state index contributed by atoms with van der Waals surface area (Å²) in [7, 11) is 0. The van der Waals surface area contributed by atoms with Gasteiger partial charge in [0.1, 0.15) is 5.75 Å². The molecule has 0 aliphatic carbocycles. The molecule has 5 nitrogen and oxygen atoms in total. The molecule has 1 aromatic rings. The Morgan fingerprint density at radius 2 is 1.94 bits per heavy atom. The van der Waals surface area contributed by atoms with E-state index < -0.39 is 24.6 Å². The Kier molecular flexibility index (Phi) is 5.00. The van der Waals surface area contributed by atoms with Gasteiger partial charge in [0, 0.05) is 0 Å². The van der Waals surface area contributed by atoms with Crippen LogP contribution < -0.4 is 10.5 Å². The highest BCUT2D eigenvalue weighted by Crippen LogP contribution is 2.13. The Bertz CT molecular complexity index is 377. The van der Waals surface area contributed by atoms with Crippen LogP contribution in [0.1, 0.15) is 13.3 Å². The van der Waals surface area contributed by atoms with Crippen LogP contribution in [0.3, 0.4) is 0 Å². The number of primary amides is 1. The van der Waals surface area contributed by atoms with E-state index in [0.717, 1.165) is 0 Å². The summed E-state index contributed by atoms with van der Waals surface area (Å²) >= 11 is 0. The monoisotopic (exact) mass is 237 g/mol. The number of carbonyl (C=O) groups is 2. The van der Waals surface area contributed by atoms with Gasteiger partial charge in [0.2, 0.25) is 0 Å². The molecule has 0 fully saturated rings. The van der Waals surface area contributed by atoms with Gasteiger partial charge < -0.3 is 15.2 Å². The van der Waals surface area contributed by atoms with Crippen molar-refractivity contribution in [2.24, 2.45) is 5.73 Å². The maximum Gasteiger partial charge on any atom is 0.347 e. The van der Waals surface area contributed by atoms with Crippen LogP contribution in [-0.2, 0) is 14.3 Å². The van der Waals surface area contributed by atoms with Crippen molar-refractivity contribution in [3.8, 4) is 5.75 Å². The van der Waals surface area contributed by atoms with Crippen LogP contribution in [0.2, 0.25) is 0 Å². The molecule has 0 aliphatic rings. The van der Waals surface area contributed by atoms with Gasteiger partial charge in [-0.1, -0.05) is 25.1 Å². The number of carbonyl (C=O) groups excluding carboxylic acids is 2. The fourth-order valence-electron chi connectivity index (χ4n) is 1.20. The number of nitrogens with two attached hydrogens (primary N) is 1. The van der Waals surface area contributed by atoms with Crippen LogP contribution in [0.4, 0.5) is 0 Å². The second-order valence-corrected chi connectivity index (χ2v) is 3.40. The minimum atomic E-state index is -0.725. The van der Waals surface area contributed by atoms with Gasteiger partial charge in [-0.05, 0) is 18.6 Å². The van der Waals surface area contributed by atoms with Crippen LogP contribution in [0, 0.1) is 0 Å². The first-order valence-electron chi connectivity index (χ1n) is 5.30. The molecule has 0 saturated carbocycles. The van der Waals surface area contributed by atoms with Crippen molar-refractivity contribution < 1.29 is 19.1 Å². The van der Waals surface area contributed by atoms with Gasteiger partial charge in [-0.2, -0.15) is 0 Å². The van der Waals surface area contributed by atoms with E-state index in [1.165, 1.54) is 0 Å². The molecule has 17 heavy (non-hydrogen) atoms. The van der Waals surface area contributed by atoms with E-state index in [1.54, 1.807) is 31.2 Å². The molecule has 0 aromatic heterocycles. The topological polar surface area (TPSA) is 78.6 Å². The lowest BCUT2D eigenvalue weighted by Crippen LogP contribution is -2.31. The number of hydrogen-bond acceptors (Lipinski definition) is 4. The van der Waals surface area contributed by atoms with Crippen molar-refractivity contribution in [1.29, 1.82) is 0 Å². The number of amides is 1. The Labute approximate surface area is 99.5 Å². The first-order valence-corrected chi connectivity index (χ1v) is 5.30. The highest BCUT2D eigenvalue weighted by Gasteiger charge is 2.20. The smallest absolute Gasteiger partial charge is 0.347 e. The SMILES string of the molecule is CC[C@H](Oc1ccccc1)C(=O)OCC(N)=O. The lowest BCUT2D eigenvalue weighted by atomic mass is 10.2. The molecular formula is C12H15NO4. The average Bonchev–Trinajstić information content (AvgIpc) is 2.34. The van der Waals surface area contributed by atoms with Crippen LogP contribution in [0.15, 0.2) is 30.3 Å². The normalized spacial score (nSPS) is 11.6. The minimum Gasteiger partial charge on any atom is -0.479 e. The molecule has 1 atom stereocenters. The molecule has 0 saturated heterocycles. The van der Waals surface area contributed by atoms with E-state index in [9.17, 15) is 9.59 Å². The molecule has 0 heterocycles. The lowest BCUT2D eigenvalue weighted by molar-refractivity contribution is -0.155. The van der Waals surface area contributed by atoms with Crippen molar-refractivity contribution >= 4 is 11.9 Å². The van der Waals surface area contributed by atoms with Gasteiger partial charge in [0.05, 0.1) is 0 Å². The quantitative estimate of drug-likeness (QED) is 0.745. The number of esters is 1. The highest BCUT2D eigenvalue weighted by molar-refractivity contribution is 5.81. The molecule has 1 aromatic carbocycles. The van der Waals surface area contributed by atoms with Gasteiger partial charge >= 0.3 is 5.97 Å². The van der Waals surface area contributed by atoms with E-state index >= 15 is 0 Å². The third-order valence-electron chi connectivity index (χ3n) is 2.01. The van der Waals surface area contributed by atoms with Gasteiger partial charge in [-0.25, -0.2) is 4.79 Å². The first kappa shape index (κ1) is 13.0. The summed E-state index contributed by atoms with van der Waals surface area (Å²) in [6.45, 7) is 1.37. The van der Waals surface area contributed by atoms with Gasteiger partial charge in [-0.15, -0.1) is 0 Å². The fourth-order valence-corrected chi connectivity index (χ4v) is 1.20. The van der Waals surface area contributed by atoms with E-state index in [0.29, 0.717) is 12.2 Å². The third-order valence-corrected chi connectivity index (χ3v) is 2.01. The molecule has 0 spiro atoms. The van der Waals surface area contributed by atoms with E-state index in [4.69, 9.17) is 15.2 Å². The van der Waals surface area contributed by atoms with E-state index in [1.807, 2.05) is 6.07 Å². The minimum absolute atomic E-state index is 0.423. The van der Waals surface area contributed by atoms with Gasteiger partial charge in [0.15, 0.2) is 12.7 Å². The van der Waals surface area contributed by atoms with E-state index in [-0.39, 0.29) is 0 Å². The van der Waals surface area contributed by atoms with Crippen LogP contribution in [-0.4, -0.2) is 24.6 Å². The lowest BCUT2D eigenvalue weighted by Gasteiger charge is -2.15. The zero-order chi connectivity index (χ0) is 12.7. The largest absolute Gasteiger partial charge is 0.479 e. The predicted molar refractivity (Wildman–Crippen MR) is 61.3 cm³/mol. The number of hydrogen-bond donors (Lipinski definition) is 1. The van der Waals surface area contributed by atoms with Crippen molar-refractivity contribution in [3.05, 3.63) is 30.3 Å². The number of ether oxygens (including phenoxy) is 2. The fraction of sp³-hybridized carbons (Fsp3) is 0.333. The number of para-hydroxylation sites is 1. The maximum atomic E-state index is 11.5. The molecule has 0 aliphatic heterocycles. The number of rotatable bonds is 6. The summed E-state index contributed by atoms with van der Waals surface area (Å²) in [5.74, 6) is -0.696. The molecule has 2 N–H and O–H groups in total. The summed E-state index contributed by atoms with van der Waals surface area (Å²) in [5.41, 5.74) is 4.88. The standard InChI is InChI=1S/C12H15NO4/c1-2-10(12(15)16-8-11(13)14)17-9-6-4-3-5-7-9/h3-7,10H,2,8H2,1H3,(H2,13,14)/t10-/m0/s1. The second-order valence-electron chi connectivity index (χ2n) is 3.40.